The van der Waals surface area contributed by atoms with Crippen molar-refractivity contribution in [2.75, 3.05) is 19.6 Å². The summed E-state index contributed by atoms with van der Waals surface area (Å²) in [6.45, 7) is 3.99. The van der Waals surface area contributed by atoms with E-state index in [1.54, 1.807) is 0 Å². The van der Waals surface area contributed by atoms with Crippen LogP contribution in [0.3, 0.4) is 0 Å². The lowest BCUT2D eigenvalue weighted by Gasteiger charge is -2.22. The van der Waals surface area contributed by atoms with Gasteiger partial charge < -0.3 is 20.7 Å². The molecule has 1 aromatic heterocycles. The second kappa shape index (κ2) is 8.07. The summed E-state index contributed by atoms with van der Waals surface area (Å²) in [5.74, 6) is 0.750. The molecule has 0 radical (unpaired) electrons. The van der Waals surface area contributed by atoms with Crippen LogP contribution >= 0.6 is 0 Å². The zero-order chi connectivity index (χ0) is 19.4. The number of aliphatic hydroxyl groups is 1. The number of hydrogen-bond acceptors (Lipinski definition) is 2. The van der Waals surface area contributed by atoms with Gasteiger partial charge in [-0.3, -0.25) is 0 Å². The Kier molecular flexibility index (Phi) is 5.35. The van der Waals surface area contributed by atoms with Crippen LogP contribution in [0.25, 0.3) is 10.9 Å². The molecular weight excluding hydrogens is 348 g/mol. The van der Waals surface area contributed by atoms with Crippen LogP contribution in [0.5, 0.6) is 0 Å². The van der Waals surface area contributed by atoms with Gasteiger partial charge in [0, 0.05) is 30.2 Å². The van der Waals surface area contributed by atoms with Crippen LogP contribution in [-0.2, 0) is 18.4 Å². The summed E-state index contributed by atoms with van der Waals surface area (Å²) in [5, 5.41) is 19.0. The molecule has 28 heavy (non-hydrogen) atoms. The highest BCUT2D eigenvalue weighted by molar-refractivity contribution is 5.83. The van der Waals surface area contributed by atoms with Crippen LogP contribution < -0.4 is 10.6 Å². The Morgan fingerprint density at radius 2 is 1.96 bits per heavy atom. The van der Waals surface area contributed by atoms with Crippen LogP contribution in [-0.4, -0.2) is 35.7 Å². The number of fused-ring (bicyclic) bond motifs is 2. The van der Waals surface area contributed by atoms with E-state index in [0.29, 0.717) is 6.54 Å². The maximum Gasteiger partial charge on any atom is 0.191 e. The van der Waals surface area contributed by atoms with Crippen LogP contribution in [0.2, 0.25) is 0 Å². The Morgan fingerprint density at radius 3 is 2.86 bits per heavy atom. The lowest BCUT2D eigenvalue weighted by Crippen LogP contribution is -2.39. The molecule has 3 aromatic rings. The van der Waals surface area contributed by atoms with Crippen molar-refractivity contribution in [2.24, 2.45) is 4.99 Å². The van der Waals surface area contributed by atoms with Crippen molar-refractivity contribution in [3.63, 3.8) is 0 Å². The fourth-order valence-corrected chi connectivity index (χ4v) is 4.04. The number of H-pyrrole nitrogens is 1. The van der Waals surface area contributed by atoms with Gasteiger partial charge in [-0.2, -0.15) is 0 Å². The Bertz CT molecular complexity index is 977. The molecular formula is C23H28N4O. The largest absolute Gasteiger partial charge is 0.383 e. The molecule has 1 aliphatic carbocycles. The van der Waals surface area contributed by atoms with E-state index >= 15 is 0 Å². The zero-order valence-corrected chi connectivity index (χ0v) is 16.3. The minimum Gasteiger partial charge on any atom is -0.383 e. The van der Waals surface area contributed by atoms with Crippen LogP contribution in [0, 0.1) is 0 Å². The van der Waals surface area contributed by atoms with E-state index in [9.17, 15) is 5.11 Å². The number of aromatic nitrogens is 1. The van der Waals surface area contributed by atoms with E-state index in [-0.39, 0.29) is 0 Å². The topological polar surface area (TPSA) is 72.4 Å². The highest BCUT2D eigenvalue weighted by atomic mass is 16.3. The second-order valence-electron chi connectivity index (χ2n) is 7.42. The lowest BCUT2D eigenvalue weighted by molar-refractivity contribution is 0.0485. The van der Waals surface area contributed by atoms with Gasteiger partial charge in [-0.05, 0) is 48.9 Å². The molecule has 0 spiro atoms. The fraction of sp³-hybridized carbons (Fsp3) is 0.348. The number of guanidine groups is 1. The molecule has 0 saturated heterocycles. The highest BCUT2D eigenvalue weighted by Crippen LogP contribution is 2.36. The fourth-order valence-electron chi connectivity index (χ4n) is 4.04. The predicted molar refractivity (Wildman–Crippen MR) is 115 cm³/mol. The zero-order valence-electron chi connectivity index (χ0n) is 16.3. The quantitative estimate of drug-likeness (QED) is 0.395. The van der Waals surface area contributed by atoms with Gasteiger partial charge in [-0.15, -0.1) is 0 Å². The van der Waals surface area contributed by atoms with Crippen molar-refractivity contribution in [3.05, 3.63) is 71.4 Å². The molecule has 4 rings (SSSR count). The average Bonchev–Trinajstić information content (AvgIpc) is 3.29. The lowest BCUT2D eigenvalue weighted by atomic mass is 9.96. The molecule has 146 valence electrons. The molecule has 0 aliphatic heterocycles. The molecule has 1 aliphatic rings. The van der Waals surface area contributed by atoms with Gasteiger partial charge in [-0.25, -0.2) is 4.99 Å². The van der Waals surface area contributed by atoms with Gasteiger partial charge in [0.2, 0.25) is 0 Å². The van der Waals surface area contributed by atoms with Gasteiger partial charge in [0.25, 0.3) is 0 Å². The number of nitrogens with one attached hydrogen (secondary N) is 3. The van der Waals surface area contributed by atoms with Gasteiger partial charge in [0.15, 0.2) is 5.96 Å². The highest BCUT2D eigenvalue weighted by Gasteiger charge is 2.36. The monoisotopic (exact) mass is 376 g/mol. The smallest absolute Gasteiger partial charge is 0.191 e. The van der Waals surface area contributed by atoms with Crippen molar-refractivity contribution in [1.29, 1.82) is 0 Å². The number of aryl methyl sites for hydroxylation is 1. The van der Waals surface area contributed by atoms with Crippen molar-refractivity contribution in [3.8, 4) is 0 Å². The van der Waals surface area contributed by atoms with Crippen LogP contribution in [0.4, 0.5) is 0 Å². The Balaban J connectivity index is 1.40. The molecule has 0 bridgehead atoms. The number of rotatable bonds is 6. The molecule has 2 aromatic carbocycles. The normalized spacial score (nSPS) is 19.0. The molecule has 5 nitrogen and oxygen atoms in total. The number of para-hydroxylation sites is 1. The first kappa shape index (κ1) is 18.6. The second-order valence-corrected chi connectivity index (χ2v) is 7.42. The standard InChI is InChI=1S/C23H28N4O/c1-2-24-22(25-14-12-18-15-26-21-10-6-4-8-19(18)21)27-16-23(28)13-11-17-7-3-5-9-20(17)23/h3-10,15,26,28H,2,11-14,16H2,1H3,(H2,24,25,27). The first-order valence-electron chi connectivity index (χ1n) is 10.1. The minimum atomic E-state index is -0.865. The van der Waals surface area contributed by atoms with Crippen molar-refractivity contribution in [2.45, 2.75) is 31.8 Å². The van der Waals surface area contributed by atoms with Gasteiger partial charge >= 0.3 is 0 Å². The Labute approximate surface area is 165 Å². The van der Waals surface area contributed by atoms with Crippen molar-refractivity contribution in [1.82, 2.24) is 15.6 Å². The first-order valence-corrected chi connectivity index (χ1v) is 10.1. The molecule has 0 fully saturated rings. The molecule has 1 heterocycles. The maximum absolute atomic E-state index is 11.1. The van der Waals surface area contributed by atoms with Gasteiger partial charge in [0.1, 0.15) is 5.60 Å². The summed E-state index contributed by atoms with van der Waals surface area (Å²) in [6.07, 6.45) is 4.62. The molecule has 1 atom stereocenters. The Hall–Kier alpha value is -2.79. The summed E-state index contributed by atoms with van der Waals surface area (Å²) in [6, 6.07) is 16.5. The summed E-state index contributed by atoms with van der Waals surface area (Å²) < 4.78 is 0. The van der Waals surface area contributed by atoms with E-state index in [1.165, 1.54) is 22.0 Å². The predicted octanol–water partition coefficient (Wildman–Crippen LogP) is 3.10. The third kappa shape index (κ3) is 3.76. The average molecular weight is 377 g/mol. The molecule has 1 unspecified atom stereocenters. The van der Waals surface area contributed by atoms with Gasteiger partial charge in [0.05, 0.1) is 6.54 Å². The van der Waals surface area contributed by atoms with Crippen LogP contribution in [0.1, 0.15) is 30.0 Å². The molecule has 0 amide bonds. The Morgan fingerprint density at radius 1 is 1.14 bits per heavy atom. The SMILES string of the molecule is CCNC(=NCC1(O)CCc2ccccc21)NCCc1c[nH]c2ccccc12. The first-order chi connectivity index (χ1) is 13.7. The van der Waals surface area contributed by atoms with Crippen molar-refractivity contribution < 1.29 is 5.11 Å². The van der Waals surface area contributed by atoms with Crippen LogP contribution in [0.15, 0.2) is 59.7 Å². The number of benzene rings is 2. The van der Waals surface area contributed by atoms with E-state index < -0.39 is 5.60 Å². The number of aromatic amines is 1. The summed E-state index contributed by atoms with van der Waals surface area (Å²) in [4.78, 5) is 8.01. The number of hydrogen-bond donors (Lipinski definition) is 4. The van der Waals surface area contributed by atoms with Crippen molar-refractivity contribution >= 4 is 16.9 Å². The summed E-state index contributed by atoms with van der Waals surface area (Å²) in [7, 11) is 0. The van der Waals surface area contributed by atoms with E-state index in [4.69, 9.17) is 0 Å². The minimum absolute atomic E-state index is 0.367. The summed E-state index contributed by atoms with van der Waals surface area (Å²) in [5.41, 5.74) is 3.85. The van der Waals surface area contributed by atoms with E-state index in [2.05, 4.69) is 58.0 Å². The maximum atomic E-state index is 11.1. The number of aliphatic imine (C=N–C) groups is 1. The summed E-state index contributed by atoms with van der Waals surface area (Å²) >= 11 is 0. The third-order valence-electron chi connectivity index (χ3n) is 5.53. The molecule has 4 N–H and O–H groups in total. The molecule has 0 saturated carbocycles. The van der Waals surface area contributed by atoms with E-state index in [1.807, 2.05) is 24.3 Å². The van der Waals surface area contributed by atoms with E-state index in [0.717, 1.165) is 43.9 Å². The third-order valence-corrected chi connectivity index (χ3v) is 5.53. The molecule has 5 heteroatoms. The number of nitrogens with zero attached hydrogens (tertiary/aromatic N) is 1. The van der Waals surface area contributed by atoms with Gasteiger partial charge in [-0.1, -0.05) is 42.5 Å².